The van der Waals surface area contributed by atoms with Gasteiger partial charge in [0.15, 0.2) is 5.96 Å². The van der Waals surface area contributed by atoms with Crippen molar-refractivity contribution in [3.8, 4) is 5.75 Å². The Morgan fingerprint density at radius 2 is 2.11 bits per heavy atom. The first-order chi connectivity index (χ1) is 12.7. The summed E-state index contributed by atoms with van der Waals surface area (Å²) in [6, 6.07) is 6.30. The van der Waals surface area contributed by atoms with E-state index in [-0.39, 0.29) is 36.2 Å². The number of hydrogen-bond donors (Lipinski definition) is 1. The molecular weight excluding hydrogens is 457 g/mol. The highest BCUT2D eigenvalue weighted by molar-refractivity contribution is 14.0. The highest BCUT2D eigenvalue weighted by Crippen LogP contribution is 2.21. The number of aliphatic imine (C=N–C) groups is 1. The van der Waals surface area contributed by atoms with E-state index in [1.54, 1.807) is 7.11 Å². The van der Waals surface area contributed by atoms with Gasteiger partial charge in [-0.05, 0) is 37.8 Å². The Bertz CT molecular complexity index is 620. The Balaban J connectivity index is 0.00000261. The summed E-state index contributed by atoms with van der Waals surface area (Å²) < 4.78 is 17.2. The van der Waals surface area contributed by atoms with E-state index in [4.69, 9.17) is 14.2 Å². The lowest BCUT2D eigenvalue weighted by Gasteiger charge is -2.37. The molecule has 1 N–H and O–H groups in total. The van der Waals surface area contributed by atoms with Gasteiger partial charge in [-0.1, -0.05) is 17.7 Å². The number of guanidine groups is 1. The van der Waals surface area contributed by atoms with E-state index in [1.807, 2.05) is 13.1 Å². The standard InChI is InChI=1S/C20H31N3O3.HI/c1-15-6-7-17(24-3)16(13-15)8-9-22-20(21-2)23-10-12-26-19(14-23)18-5-4-11-25-18;/h6-7,13,18-19H,4-5,8-12,14H2,1-3H3,(H,21,22);1H. The van der Waals surface area contributed by atoms with Crippen LogP contribution in [0.3, 0.4) is 0 Å². The van der Waals surface area contributed by atoms with Crippen LogP contribution in [0, 0.1) is 6.92 Å². The summed E-state index contributed by atoms with van der Waals surface area (Å²) in [4.78, 5) is 6.75. The summed E-state index contributed by atoms with van der Waals surface area (Å²) in [6.45, 7) is 6.18. The van der Waals surface area contributed by atoms with Crippen molar-refractivity contribution < 1.29 is 14.2 Å². The molecule has 0 bridgehead atoms. The van der Waals surface area contributed by atoms with Crippen molar-refractivity contribution in [3.05, 3.63) is 29.3 Å². The van der Waals surface area contributed by atoms with Gasteiger partial charge in [-0.2, -0.15) is 0 Å². The lowest BCUT2D eigenvalue weighted by atomic mass is 10.1. The van der Waals surface area contributed by atoms with Gasteiger partial charge < -0.3 is 24.4 Å². The largest absolute Gasteiger partial charge is 0.496 e. The van der Waals surface area contributed by atoms with Crippen molar-refractivity contribution in [1.29, 1.82) is 0 Å². The Morgan fingerprint density at radius 3 is 2.81 bits per heavy atom. The van der Waals surface area contributed by atoms with Crippen LogP contribution in [-0.4, -0.2) is 70.1 Å². The molecule has 2 unspecified atom stereocenters. The SMILES string of the molecule is CN=C(NCCc1cc(C)ccc1OC)N1CCOC(C2CCCO2)C1.I. The molecule has 2 fully saturated rings. The van der Waals surface area contributed by atoms with Gasteiger partial charge in [-0.3, -0.25) is 4.99 Å². The Kier molecular flexibility index (Phi) is 9.11. The summed E-state index contributed by atoms with van der Waals surface area (Å²) in [5, 5.41) is 3.49. The minimum Gasteiger partial charge on any atom is -0.496 e. The summed E-state index contributed by atoms with van der Waals surface area (Å²) in [5.41, 5.74) is 2.47. The molecule has 2 heterocycles. The molecule has 2 saturated heterocycles. The van der Waals surface area contributed by atoms with Gasteiger partial charge in [0.05, 0.1) is 19.8 Å². The molecule has 0 aliphatic carbocycles. The van der Waals surface area contributed by atoms with Crippen LogP contribution in [-0.2, 0) is 15.9 Å². The van der Waals surface area contributed by atoms with Crippen molar-refractivity contribution in [2.45, 2.75) is 38.4 Å². The number of nitrogens with zero attached hydrogens (tertiary/aromatic N) is 2. The van der Waals surface area contributed by atoms with Gasteiger partial charge in [0.2, 0.25) is 0 Å². The van der Waals surface area contributed by atoms with Crippen LogP contribution in [0.25, 0.3) is 0 Å². The van der Waals surface area contributed by atoms with Crippen molar-refractivity contribution >= 4 is 29.9 Å². The molecule has 2 aliphatic rings. The van der Waals surface area contributed by atoms with Gasteiger partial charge in [0.1, 0.15) is 11.9 Å². The highest BCUT2D eigenvalue weighted by atomic mass is 127. The molecule has 6 nitrogen and oxygen atoms in total. The number of aryl methyl sites for hydroxylation is 1. The summed E-state index contributed by atoms with van der Waals surface area (Å²) in [5.74, 6) is 1.88. The third-order valence-corrected chi connectivity index (χ3v) is 5.10. The molecule has 27 heavy (non-hydrogen) atoms. The van der Waals surface area contributed by atoms with E-state index in [0.717, 1.165) is 63.8 Å². The molecule has 2 aliphatic heterocycles. The van der Waals surface area contributed by atoms with Crippen molar-refractivity contribution in [2.24, 2.45) is 4.99 Å². The second kappa shape index (κ2) is 11.1. The van der Waals surface area contributed by atoms with Gasteiger partial charge in [0.25, 0.3) is 0 Å². The van der Waals surface area contributed by atoms with Crippen molar-refractivity contribution in [1.82, 2.24) is 10.2 Å². The first-order valence-corrected chi connectivity index (χ1v) is 9.53. The average Bonchev–Trinajstić information content (AvgIpc) is 3.20. The highest BCUT2D eigenvalue weighted by Gasteiger charge is 2.32. The molecule has 3 rings (SSSR count). The van der Waals surface area contributed by atoms with Gasteiger partial charge in [0, 0.05) is 33.3 Å². The molecule has 7 heteroatoms. The molecule has 0 saturated carbocycles. The van der Waals surface area contributed by atoms with E-state index < -0.39 is 0 Å². The smallest absolute Gasteiger partial charge is 0.193 e. The maximum Gasteiger partial charge on any atom is 0.193 e. The lowest BCUT2D eigenvalue weighted by Crippen LogP contribution is -2.53. The number of rotatable bonds is 5. The molecule has 2 atom stereocenters. The minimum atomic E-state index is 0. The van der Waals surface area contributed by atoms with Crippen molar-refractivity contribution in [3.63, 3.8) is 0 Å². The van der Waals surface area contributed by atoms with Gasteiger partial charge in [-0.15, -0.1) is 24.0 Å². The second-order valence-electron chi connectivity index (χ2n) is 6.95. The number of benzene rings is 1. The summed E-state index contributed by atoms with van der Waals surface area (Å²) in [6.07, 6.45) is 3.49. The zero-order valence-corrected chi connectivity index (χ0v) is 18.9. The van der Waals surface area contributed by atoms with E-state index >= 15 is 0 Å². The van der Waals surface area contributed by atoms with Crippen LogP contribution in [0.4, 0.5) is 0 Å². The van der Waals surface area contributed by atoms with Crippen LogP contribution >= 0.6 is 24.0 Å². The predicted molar refractivity (Wildman–Crippen MR) is 118 cm³/mol. The lowest BCUT2D eigenvalue weighted by molar-refractivity contribution is -0.0816. The van der Waals surface area contributed by atoms with Gasteiger partial charge >= 0.3 is 0 Å². The van der Waals surface area contributed by atoms with E-state index in [0.29, 0.717) is 0 Å². The zero-order chi connectivity index (χ0) is 18.4. The molecule has 1 aromatic rings. The molecule has 152 valence electrons. The average molecular weight is 489 g/mol. The Hall–Kier alpha value is -1.06. The van der Waals surface area contributed by atoms with Crippen LogP contribution in [0.15, 0.2) is 23.2 Å². The fourth-order valence-corrected chi connectivity index (χ4v) is 3.73. The van der Waals surface area contributed by atoms with Crippen LogP contribution < -0.4 is 10.1 Å². The number of morpholine rings is 1. The Morgan fingerprint density at radius 1 is 1.30 bits per heavy atom. The number of nitrogens with one attached hydrogen (secondary N) is 1. The first kappa shape index (κ1) is 22.2. The van der Waals surface area contributed by atoms with Crippen LogP contribution in [0.5, 0.6) is 5.75 Å². The fourth-order valence-electron chi connectivity index (χ4n) is 3.73. The van der Waals surface area contributed by atoms with E-state index in [9.17, 15) is 0 Å². The summed E-state index contributed by atoms with van der Waals surface area (Å²) in [7, 11) is 3.56. The van der Waals surface area contributed by atoms with Crippen LogP contribution in [0.1, 0.15) is 24.0 Å². The monoisotopic (exact) mass is 489 g/mol. The van der Waals surface area contributed by atoms with E-state index in [1.165, 1.54) is 11.1 Å². The molecular formula is C20H32IN3O3. The Labute approximate surface area is 179 Å². The van der Waals surface area contributed by atoms with Gasteiger partial charge in [-0.25, -0.2) is 0 Å². The summed E-state index contributed by atoms with van der Waals surface area (Å²) >= 11 is 0. The van der Waals surface area contributed by atoms with Crippen LogP contribution in [0.2, 0.25) is 0 Å². The predicted octanol–water partition coefficient (Wildman–Crippen LogP) is 2.62. The maximum absolute atomic E-state index is 5.94. The molecule has 0 spiro atoms. The normalized spacial score (nSPS) is 23.1. The molecule has 0 radical (unpaired) electrons. The number of ether oxygens (including phenoxy) is 3. The topological polar surface area (TPSA) is 55.3 Å². The quantitative estimate of drug-likeness (QED) is 0.392. The zero-order valence-electron chi connectivity index (χ0n) is 16.6. The third kappa shape index (κ3) is 5.96. The third-order valence-electron chi connectivity index (χ3n) is 5.10. The molecule has 0 amide bonds. The van der Waals surface area contributed by atoms with Crippen molar-refractivity contribution in [2.75, 3.05) is 47.0 Å². The number of hydrogen-bond acceptors (Lipinski definition) is 4. The molecule has 1 aromatic carbocycles. The number of halogens is 1. The van der Waals surface area contributed by atoms with E-state index in [2.05, 4.69) is 34.3 Å². The fraction of sp³-hybridized carbons (Fsp3) is 0.650. The maximum atomic E-state index is 5.94. The number of methoxy groups -OCH3 is 1. The molecule has 0 aromatic heterocycles. The second-order valence-corrected chi connectivity index (χ2v) is 6.95. The minimum absolute atomic E-state index is 0. The first-order valence-electron chi connectivity index (χ1n) is 9.53.